The molecule has 0 spiro atoms. The van der Waals surface area contributed by atoms with Gasteiger partial charge in [-0.1, -0.05) is 29.5 Å². The maximum absolute atomic E-state index is 14.2. The number of aryl methyl sites for hydroxylation is 1. The molecule has 1 atom stereocenters. The van der Waals surface area contributed by atoms with Gasteiger partial charge in [-0.05, 0) is 18.1 Å². The Morgan fingerprint density at radius 1 is 1.23 bits per heavy atom. The Kier molecular flexibility index (Phi) is 5.99. The molecule has 0 bridgehead atoms. The van der Waals surface area contributed by atoms with Crippen LogP contribution in [0.25, 0.3) is 0 Å². The lowest BCUT2D eigenvalue weighted by atomic mass is 10.1. The molecule has 2 aliphatic heterocycles. The second-order valence-corrected chi connectivity index (χ2v) is 8.07. The summed E-state index contributed by atoms with van der Waals surface area (Å²) in [7, 11) is 0. The van der Waals surface area contributed by atoms with Crippen molar-refractivity contribution in [2.24, 2.45) is 0 Å². The number of morpholine rings is 1. The highest BCUT2D eigenvalue weighted by atomic mass is 19.3. The molecule has 3 heterocycles. The van der Waals surface area contributed by atoms with Gasteiger partial charge in [0.15, 0.2) is 5.69 Å². The lowest BCUT2D eigenvalue weighted by Gasteiger charge is -2.25. The topological polar surface area (TPSA) is 80.6 Å². The van der Waals surface area contributed by atoms with Crippen LogP contribution in [0.4, 0.5) is 8.78 Å². The van der Waals surface area contributed by atoms with Crippen molar-refractivity contribution in [1.29, 1.82) is 0 Å². The monoisotopic (exact) mass is 433 g/mol. The number of benzene rings is 1. The predicted octanol–water partition coefficient (Wildman–Crippen LogP) is 1.54. The van der Waals surface area contributed by atoms with E-state index in [-0.39, 0.29) is 30.5 Å². The van der Waals surface area contributed by atoms with E-state index in [1.165, 1.54) is 15.8 Å². The SMILES string of the molecule is Cc1ccccc1CC(=O)N1CC(F)(F)C[C@H]1Cn1cc(C(=O)N2CCOCC2)nn1. The van der Waals surface area contributed by atoms with Gasteiger partial charge in [0.05, 0.1) is 45.0 Å². The van der Waals surface area contributed by atoms with Crippen LogP contribution in [0, 0.1) is 6.92 Å². The summed E-state index contributed by atoms with van der Waals surface area (Å²) in [5.74, 6) is -3.57. The highest BCUT2D eigenvalue weighted by Gasteiger charge is 2.47. The molecule has 0 unspecified atom stereocenters. The van der Waals surface area contributed by atoms with Gasteiger partial charge in [0.2, 0.25) is 5.91 Å². The number of ether oxygens (including phenoxy) is 1. The van der Waals surface area contributed by atoms with Crippen LogP contribution in [0.2, 0.25) is 0 Å². The zero-order valence-corrected chi connectivity index (χ0v) is 17.3. The first kappa shape index (κ1) is 21.4. The van der Waals surface area contributed by atoms with Crippen LogP contribution in [0.1, 0.15) is 28.0 Å². The zero-order chi connectivity index (χ0) is 22.0. The minimum absolute atomic E-state index is 0.0541. The molecule has 2 aliphatic rings. The Hall–Kier alpha value is -2.88. The highest BCUT2D eigenvalue weighted by Crippen LogP contribution is 2.33. The number of carbonyl (C=O) groups excluding carboxylic acids is 2. The average Bonchev–Trinajstić information content (AvgIpc) is 3.33. The number of carbonyl (C=O) groups is 2. The molecule has 2 saturated heterocycles. The number of amides is 2. The smallest absolute Gasteiger partial charge is 0.276 e. The molecule has 166 valence electrons. The molecular formula is C21H25F2N5O3. The first-order chi connectivity index (χ1) is 14.8. The van der Waals surface area contributed by atoms with Gasteiger partial charge in [-0.2, -0.15) is 0 Å². The largest absolute Gasteiger partial charge is 0.378 e. The maximum Gasteiger partial charge on any atom is 0.276 e. The van der Waals surface area contributed by atoms with Crippen LogP contribution in [0.15, 0.2) is 30.5 Å². The number of hydrogen-bond acceptors (Lipinski definition) is 5. The van der Waals surface area contributed by atoms with Crippen LogP contribution in [0.3, 0.4) is 0 Å². The normalized spacial score (nSPS) is 20.8. The van der Waals surface area contributed by atoms with E-state index < -0.39 is 24.9 Å². The summed E-state index contributed by atoms with van der Waals surface area (Å²) in [6.45, 7) is 3.21. The average molecular weight is 433 g/mol. The third kappa shape index (κ3) is 4.90. The highest BCUT2D eigenvalue weighted by molar-refractivity contribution is 5.92. The minimum Gasteiger partial charge on any atom is -0.378 e. The van der Waals surface area contributed by atoms with Crippen molar-refractivity contribution in [2.75, 3.05) is 32.8 Å². The molecule has 31 heavy (non-hydrogen) atoms. The zero-order valence-electron chi connectivity index (χ0n) is 17.3. The van der Waals surface area contributed by atoms with Gasteiger partial charge in [-0.15, -0.1) is 5.10 Å². The molecule has 2 amide bonds. The van der Waals surface area contributed by atoms with Gasteiger partial charge >= 0.3 is 0 Å². The Labute approximate surface area is 178 Å². The summed E-state index contributed by atoms with van der Waals surface area (Å²) in [4.78, 5) is 28.2. The van der Waals surface area contributed by atoms with Gasteiger partial charge in [0.1, 0.15) is 0 Å². The van der Waals surface area contributed by atoms with Gasteiger partial charge in [-0.25, -0.2) is 13.5 Å². The maximum atomic E-state index is 14.2. The van der Waals surface area contributed by atoms with E-state index in [2.05, 4.69) is 10.3 Å². The number of aromatic nitrogens is 3. The van der Waals surface area contributed by atoms with Crippen LogP contribution < -0.4 is 0 Å². The lowest BCUT2D eigenvalue weighted by Crippen LogP contribution is -2.41. The van der Waals surface area contributed by atoms with Crippen molar-refractivity contribution in [1.82, 2.24) is 24.8 Å². The number of rotatable bonds is 5. The van der Waals surface area contributed by atoms with Gasteiger partial charge < -0.3 is 14.5 Å². The van der Waals surface area contributed by atoms with Gasteiger partial charge in [-0.3, -0.25) is 9.59 Å². The van der Waals surface area contributed by atoms with E-state index in [0.29, 0.717) is 26.3 Å². The minimum atomic E-state index is -2.96. The molecule has 8 nitrogen and oxygen atoms in total. The first-order valence-electron chi connectivity index (χ1n) is 10.3. The summed E-state index contributed by atoms with van der Waals surface area (Å²) in [6, 6.07) is 6.70. The Bertz CT molecular complexity index is 958. The van der Waals surface area contributed by atoms with Gasteiger partial charge in [0, 0.05) is 19.5 Å². The van der Waals surface area contributed by atoms with Crippen molar-refractivity contribution < 1.29 is 23.1 Å². The van der Waals surface area contributed by atoms with E-state index in [9.17, 15) is 18.4 Å². The van der Waals surface area contributed by atoms with E-state index in [4.69, 9.17) is 4.74 Å². The molecule has 0 N–H and O–H groups in total. The van der Waals surface area contributed by atoms with Crippen molar-refractivity contribution in [3.8, 4) is 0 Å². The fraction of sp³-hybridized carbons (Fsp3) is 0.524. The van der Waals surface area contributed by atoms with Crippen LogP contribution >= 0.6 is 0 Å². The van der Waals surface area contributed by atoms with Crippen LogP contribution in [-0.4, -0.2) is 81.4 Å². The molecule has 0 saturated carbocycles. The molecule has 1 aromatic heterocycles. The van der Waals surface area contributed by atoms with Gasteiger partial charge in [0.25, 0.3) is 11.8 Å². The van der Waals surface area contributed by atoms with E-state index in [0.717, 1.165) is 11.1 Å². The predicted molar refractivity (Wildman–Crippen MR) is 107 cm³/mol. The summed E-state index contributed by atoms with van der Waals surface area (Å²) in [6.07, 6.45) is 1.08. The summed E-state index contributed by atoms with van der Waals surface area (Å²) < 4.78 is 35.0. The van der Waals surface area contributed by atoms with Crippen LogP contribution in [-0.2, 0) is 22.5 Å². The molecule has 2 fully saturated rings. The first-order valence-corrected chi connectivity index (χ1v) is 10.3. The van der Waals surface area contributed by atoms with Crippen molar-refractivity contribution in [2.45, 2.75) is 38.3 Å². The van der Waals surface area contributed by atoms with E-state index in [1.807, 2.05) is 31.2 Å². The van der Waals surface area contributed by atoms with Crippen molar-refractivity contribution in [3.05, 3.63) is 47.3 Å². The number of halogens is 2. The lowest BCUT2D eigenvalue weighted by molar-refractivity contribution is -0.132. The number of nitrogens with zero attached hydrogens (tertiary/aromatic N) is 5. The molecule has 0 aliphatic carbocycles. The fourth-order valence-electron chi connectivity index (χ4n) is 4.06. The molecule has 4 rings (SSSR count). The summed E-state index contributed by atoms with van der Waals surface area (Å²) in [5.41, 5.74) is 1.92. The van der Waals surface area contributed by atoms with E-state index >= 15 is 0 Å². The number of likely N-dealkylation sites (tertiary alicyclic amines) is 1. The number of alkyl halides is 2. The molecule has 2 aromatic rings. The molecule has 1 aromatic carbocycles. The fourth-order valence-corrected chi connectivity index (χ4v) is 4.06. The van der Waals surface area contributed by atoms with Crippen molar-refractivity contribution in [3.63, 3.8) is 0 Å². The molecule has 10 heteroatoms. The quantitative estimate of drug-likeness (QED) is 0.715. The van der Waals surface area contributed by atoms with Crippen molar-refractivity contribution >= 4 is 11.8 Å². The third-order valence-electron chi connectivity index (χ3n) is 5.75. The second kappa shape index (κ2) is 8.70. The standard InChI is InChI=1S/C21H25F2N5O3/c1-15-4-2-3-5-16(15)10-19(29)28-14-21(22,23)11-17(28)12-27-13-18(24-25-27)20(30)26-6-8-31-9-7-26/h2-5,13,17H,6-12,14H2,1H3/t17-/m0/s1. The Balaban J connectivity index is 1.45. The second-order valence-electron chi connectivity index (χ2n) is 8.07. The van der Waals surface area contributed by atoms with E-state index in [1.54, 1.807) is 4.90 Å². The number of hydrogen-bond donors (Lipinski definition) is 0. The summed E-state index contributed by atoms with van der Waals surface area (Å²) >= 11 is 0. The summed E-state index contributed by atoms with van der Waals surface area (Å²) in [5, 5.41) is 7.85. The molecule has 0 radical (unpaired) electrons. The van der Waals surface area contributed by atoms with Crippen LogP contribution in [0.5, 0.6) is 0 Å². The Morgan fingerprint density at radius 2 is 1.97 bits per heavy atom. The Morgan fingerprint density at radius 3 is 2.71 bits per heavy atom. The third-order valence-corrected chi connectivity index (χ3v) is 5.75. The molecular weight excluding hydrogens is 408 g/mol.